The zero-order chi connectivity index (χ0) is 17.1. The maximum Gasteiger partial charge on any atom is 0.314 e. The molecule has 2 rings (SSSR count). The molecule has 0 atom stereocenters. The van der Waals surface area contributed by atoms with E-state index in [1.165, 1.54) is 0 Å². The largest absolute Gasteiger partial charge is 0.318 e. The minimum atomic E-state index is -0.750. The van der Waals surface area contributed by atoms with Crippen LogP contribution in [0.3, 0.4) is 0 Å². The van der Waals surface area contributed by atoms with Gasteiger partial charge in [-0.3, -0.25) is 9.59 Å². The van der Waals surface area contributed by atoms with Gasteiger partial charge in [0, 0.05) is 5.69 Å². The number of rotatable bonds is 2. The monoisotopic (exact) mass is 330 g/mol. The molecule has 0 radical (unpaired) electrons. The molecule has 0 bridgehead atoms. The molecule has 5 heteroatoms. The van der Waals surface area contributed by atoms with Gasteiger partial charge in [0.15, 0.2) is 0 Å². The zero-order valence-corrected chi connectivity index (χ0v) is 14.3. The number of nitrogens with one attached hydrogen (secondary N) is 2. The van der Waals surface area contributed by atoms with E-state index in [4.69, 9.17) is 11.6 Å². The Balaban J connectivity index is 2.15. The number of carbonyl (C=O) groups excluding carboxylic acids is 2. The summed E-state index contributed by atoms with van der Waals surface area (Å²) < 4.78 is 0. The lowest BCUT2D eigenvalue weighted by Crippen LogP contribution is -2.29. The SMILES string of the molecule is Cc1cc(C)c(NC(=O)C(=O)Nc2cccc(C)c2C)c(Cl)c1. The minimum Gasteiger partial charge on any atom is -0.318 e. The summed E-state index contributed by atoms with van der Waals surface area (Å²) in [5.74, 6) is -1.48. The van der Waals surface area contributed by atoms with E-state index in [9.17, 15) is 9.59 Å². The molecule has 23 heavy (non-hydrogen) atoms. The Morgan fingerprint density at radius 2 is 1.57 bits per heavy atom. The summed E-state index contributed by atoms with van der Waals surface area (Å²) in [7, 11) is 0. The molecular formula is C18H19ClN2O2. The maximum absolute atomic E-state index is 12.1. The van der Waals surface area contributed by atoms with Gasteiger partial charge in [-0.1, -0.05) is 29.8 Å². The van der Waals surface area contributed by atoms with Crippen LogP contribution in [0.1, 0.15) is 22.3 Å². The van der Waals surface area contributed by atoms with Crippen LogP contribution in [-0.4, -0.2) is 11.8 Å². The molecule has 2 aromatic carbocycles. The highest BCUT2D eigenvalue weighted by Crippen LogP contribution is 2.27. The van der Waals surface area contributed by atoms with Crippen LogP contribution < -0.4 is 10.6 Å². The van der Waals surface area contributed by atoms with Crippen molar-refractivity contribution < 1.29 is 9.59 Å². The number of benzene rings is 2. The third kappa shape index (κ3) is 3.90. The van der Waals surface area contributed by atoms with Crippen molar-refractivity contribution in [3.63, 3.8) is 0 Å². The topological polar surface area (TPSA) is 58.2 Å². The molecule has 2 aromatic rings. The highest BCUT2D eigenvalue weighted by Gasteiger charge is 2.17. The molecule has 2 N–H and O–H groups in total. The lowest BCUT2D eigenvalue weighted by atomic mass is 10.1. The van der Waals surface area contributed by atoms with Crippen LogP contribution in [-0.2, 0) is 9.59 Å². The van der Waals surface area contributed by atoms with Gasteiger partial charge in [-0.2, -0.15) is 0 Å². The molecule has 0 aliphatic carbocycles. The second kappa shape index (κ2) is 6.84. The molecule has 0 aliphatic heterocycles. The van der Waals surface area contributed by atoms with Gasteiger partial charge in [0.1, 0.15) is 0 Å². The van der Waals surface area contributed by atoms with Crippen molar-refractivity contribution in [1.29, 1.82) is 0 Å². The number of anilines is 2. The molecule has 0 aromatic heterocycles. The van der Waals surface area contributed by atoms with Gasteiger partial charge >= 0.3 is 11.8 Å². The molecule has 0 unspecified atom stereocenters. The summed E-state index contributed by atoms with van der Waals surface area (Å²) in [6.45, 7) is 7.58. The van der Waals surface area contributed by atoms with E-state index < -0.39 is 11.8 Å². The van der Waals surface area contributed by atoms with Crippen molar-refractivity contribution in [3.8, 4) is 0 Å². The first-order valence-corrected chi connectivity index (χ1v) is 7.62. The van der Waals surface area contributed by atoms with E-state index in [-0.39, 0.29) is 0 Å². The van der Waals surface area contributed by atoms with E-state index in [0.29, 0.717) is 16.4 Å². The van der Waals surface area contributed by atoms with Gasteiger partial charge in [-0.15, -0.1) is 0 Å². The molecule has 0 saturated heterocycles. The molecule has 0 heterocycles. The Bertz CT molecular complexity index is 762. The van der Waals surface area contributed by atoms with Crippen LogP contribution in [0.15, 0.2) is 30.3 Å². The smallest absolute Gasteiger partial charge is 0.314 e. The number of hydrogen-bond acceptors (Lipinski definition) is 2. The first kappa shape index (κ1) is 17.0. The van der Waals surface area contributed by atoms with Crippen LogP contribution in [0.2, 0.25) is 5.02 Å². The molecule has 120 valence electrons. The zero-order valence-electron chi connectivity index (χ0n) is 13.6. The van der Waals surface area contributed by atoms with E-state index in [0.717, 1.165) is 22.3 Å². The predicted octanol–water partition coefficient (Wildman–Crippen LogP) is 4.15. The lowest BCUT2D eigenvalue weighted by molar-refractivity contribution is -0.133. The van der Waals surface area contributed by atoms with Gasteiger partial charge in [-0.05, 0) is 62.1 Å². The van der Waals surface area contributed by atoms with Crippen molar-refractivity contribution >= 4 is 34.8 Å². The molecule has 2 amide bonds. The van der Waals surface area contributed by atoms with Crippen molar-refractivity contribution in [2.75, 3.05) is 10.6 Å². The molecule has 0 fully saturated rings. The second-order valence-corrected chi connectivity index (χ2v) is 6.00. The van der Waals surface area contributed by atoms with Crippen LogP contribution in [0.4, 0.5) is 11.4 Å². The van der Waals surface area contributed by atoms with E-state index in [1.54, 1.807) is 12.1 Å². The fraction of sp³-hybridized carbons (Fsp3) is 0.222. The minimum absolute atomic E-state index is 0.412. The summed E-state index contributed by atoms with van der Waals surface area (Å²) in [4.78, 5) is 24.2. The van der Waals surface area contributed by atoms with Gasteiger partial charge < -0.3 is 10.6 Å². The Morgan fingerprint density at radius 3 is 2.22 bits per heavy atom. The molecule has 0 spiro atoms. The van der Waals surface area contributed by atoms with Crippen LogP contribution in [0.25, 0.3) is 0 Å². The number of carbonyl (C=O) groups is 2. The van der Waals surface area contributed by atoms with E-state index in [2.05, 4.69) is 10.6 Å². The summed E-state index contributed by atoms with van der Waals surface area (Å²) in [5, 5.41) is 5.62. The third-order valence-electron chi connectivity index (χ3n) is 3.73. The maximum atomic E-state index is 12.1. The highest BCUT2D eigenvalue weighted by atomic mass is 35.5. The Morgan fingerprint density at radius 1 is 0.913 bits per heavy atom. The molecule has 0 aliphatic rings. The number of amides is 2. The van der Waals surface area contributed by atoms with Crippen molar-refractivity contribution in [3.05, 3.63) is 57.6 Å². The molecular weight excluding hydrogens is 312 g/mol. The van der Waals surface area contributed by atoms with Crippen molar-refractivity contribution in [2.45, 2.75) is 27.7 Å². The normalized spacial score (nSPS) is 10.3. The summed E-state index contributed by atoms with van der Waals surface area (Å²) >= 11 is 6.14. The first-order valence-electron chi connectivity index (χ1n) is 7.25. The lowest BCUT2D eigenvalue weighted by Gasteiger charge is -2.13. The van der Waals surface area contributed by atoms with E-state index >= 15 is 0 Å². The Labute approximate surface area is 140 Å². The average molecular weight is 331 g/mol. The Kier molecular flexibility index (Phi) is 5.06. The van der Waals surface area contributed by atoms with Gasteiger partial charge in [-0.25, -0.2) is 0 Å². The average Bonchev–Trinajstić information content (AvgIpc) is 2.47. The summed E-state index contributed by atoms with van der Waals surface area (Å²) in [5.41, 5.74) is 4.85. The van der Waals surface area contributed by atoms with Crippen molar-refractivity contribution in [2.24, 2.45) is 0 Å². The number of hydrogen-bond donors (Lipinski definition) is 2. The number of halogens is 1. The fourth-order valence-electron chi connectivity index (χ4n) is 2.31. The predicted molar refractivity (Wildman–Crippen MR) is 94.1 cm³/mol. The third-order valence-corrected chi connectivity index (χ3v) is 4.03. The van der Waals surface area contributed by atoms with Crippen LogP contribution in [0, 0.1) is 27.7 Å². The second-order valence-electron chi connectivity index (χ2n) is 5.59. The molecule has 0 saturated carbocycles. The summed E-state index contributed by atoms with van der Waals surface area (Å²) in [6, 6.07) is 9.17. The quantitative estimate of drug-likeness (QED) is 0.813. The number of aryl methyl sites for hydroxylation is 3. The Hall–Kier alpha value is -2.33. The summed E-state index contributed by atoms with van der Waals surface area (Å²) in [6.07, 6.45) is 0. The first-order chi connectivity index (χ1) is 10.8. The highest BCUT2D eigenvalue weighted by molar-refractivity contribution is 6.45. The van der Waals surface area contributed by atoms with E-state index in [1.807, 2.05) is 45.9 Å². The molecule has 4 nitrogen and oxygen atoms in total. The van der Waals surface area contributed by atoms with Gasteiger partial charge in [0.2, 0.25) is 0 Å². The van der Waals surface area contributed by atoms with Crippen LogP contribution in [0.5, 0.6) is 0 Å². The van der Waals surface area contributed by atoms with Gasteiger partial charge in [0.05, 0.1) is 10.7 Å². The standard InChI is InChI=1S/C18H19ClN2O2/c1-10-8-12(3)16(14(19)9-10)21-18(23)17(22)20-15-7-5-6-11(2)13(15)4/h5-9H,1-4H3,(H,20,22)(H,21,23). The fourth-order valence-corrected chi connectivity index (χ4v) is 2.68. The van der Waals surface area contributed by atoms with Crippen LogP contribution >= 0.6 is 11.6 Å². The van der Waals surface area contributed by atoms with Gasteiger partial charge in [0.25, 0.3) is 0 Å². The van der Waals surface area contributed by atoms with Crippen molar-refractivity contribution in [1.82, 2.24) is 0 Å².